The summed E-state index contributed by atoms with van der Waals surface area (Å²) in [4.78, 5) is 64.6. The van der Waals surface area contributed by atoms with Crippen LogP contribution in [0.4, 0.5) is 0 Å². The summed E-state index contributed by atoms with van der Waals surface area (Å²) in [7, 11) is 0. The van der Waals surface area contributed by atoms with Crippen LogP contribution in [0.15, 0.2) is 48.5 Å². The van der Waals surface area contributed by atoms with Crippen molar-refractivity contribution in [3.8, 4) is 0 Å². The van der Waals surface area contributed by atoms with Crippen LogP contribution in [0.3, 0.4) is 0 Å². The van der Waals surface area contributed by atoms with Crippen LogP contribution in [0.5, 0.6) is 0 Å². The van der Waals surface area contributed by atoms with Crippen molar-refractivity contribution in [1.82, 2.24) is 15.1 Å². The normalized spacial score (nSPS) is 18.2. The molecule has 4 rings (SSSR count). The van der Waals surface area contributed by atoms with Crippen LogP contribution in [-0.4, -0.2) is 51.4 Å². The van der Waals surface area contributed by atoms with E-state index in [9.17, 15) is 24.0 Å². The number of benzene rings is 2. The minimum absolute atomic E-state index is 0.0233. The van der Waals surface area contributed by atoms with Crippen molar-refractivity contribution < 1.29 is 24.0 Å². The maximum atomic E-state index is 12.7. The first kappa shape index (κ1) is 20.5. The molecular formula is C23H21N3O5. The molecule has 2 aromatic carbocycles. The Kier molecular flexibility index (Phi) is 5.14. The van der Waals surface area contributed by atoms with Gasteiger partial charge >= 0.3 is 0 Å². The van der Waals surface area contributed by atoms with Crippen LogP contribution in [0.1, 0.15) is 56.9 Å². The molecule has 2 aliphatic rings. The van der Waals surface area contributed by atoms with E-state index < -0.39 is 17.9 Å². The van der Waals surface area contributed by atoms with E-state index in [-0.39, 0.29) is 42.3 Å². The Morgan fingerprint density at radius 2 is 1.65 bits per heavy atom. The van der Waals surface area contributed by atoms with Gasteiger partial charge in [0.15, 0.2) is 0 Å². The second-order valence-corrected chi connectivity index (χ2v) is 7.87. The molecule has 0 unspecified atom stereocenters. The molecule has 2 aliphatic heterocycles. The highest BCUT2D eigenvalue weighted by Gasteiger charge is 2.41. The molecule has 0 spiro atoms. The summed E-state index contributed by atoms with van der Waals surface area (Å²) in [5.74, 6) is -1.99. The van der Waals surface area contributed by atoms with Crippen molar-refractivity contribution in [3.05, 3.63) is 70.8 Å². The first-order valence-electron chi connectivity index (χ1n) is 9.99. The zero-order chi connectivity index (χ0) is 22.3. The van der Waals surface area contributed by atoms with Crippen LogP contribution in [0.25, 0.3) is 0 Å². The maximum Gasteiger partial charge on any atom is 0.261 e. The molecule has 1 fully saturated rings. The summed E-state index contributed by atoms with van der Waals surface area (Å²) in [6.45, 7) is 3.50. The molecular weight excluding hydrogens is 398 g/mol. The maximum absolute atomic E-state index is 12.7. The number of nitrogens with one attached hydrogen (secondary N) is 1. The number of hydrogen-bond donors (Lipinski definition) is 1. The fourth-order valence-corrected chi connectivity index (χ4v) is 3.92. The number of carbonyl (C=O) groups excluding carboxylic acids is 5. The van der Waals surface area contributed by atoms with Crippen molar-refractivity contribution in [2.45, 2.75) is 38.9 Å². The lowest BCUT2D eigenvalue weighted by molar-refractivity contribution is -0.140. The molecule has 0 radical (unpaired) electrons. The Balaban J connectivity index is 1.48. The molecule has 0 aromatic heterocycles. The van der Waals surface area contributed by atoms with Gasteiger partial charge in [0.2, 0.25) is 5.91 Å². The summed E-state index contributed by atoms with van der Waals surface area (Å²) in [6.07, 6.45) is -0.0719. The monoisotopic (exact) mass is 419 g/mol. The summed E-state index contributed by atoms with van der Waals surface area (Å²) in [5.41, 5.74) is 1.60. The second kappa shape index (κ2) is 7.79. The molecule has 0 bridgehead atoms. The Bertz CT molecular complexity index is 1090. The largest absolute Gasteiger partial charge is 0.340 e. The number of rotatable bonds is 5. The predicted molar refractivity (Wildman–Crippen MR) is 110 cm³/mol. The first-order valence-corrected chi connectivity index (χ1v) is 9.99. The third-order valence-corrected chi connectivity index (χ3v) is 5.41. The molecule has 158 valence electrons. The minimum Gasteiger partial charge on any atom is -0.340 e. The van der Waals surface area contributed by atoms with Crippen LogP contribution < -0.4 is 5.32 Å². The highest BCUT2D eigenvalue weighted by atomic mass is 16.2. The number of imide groups is 2. The van der Waals surface area contributed by atoms with E-state index in [0.29, 0.717) is 16.7 Å². The third kappa shape index (κ3) is 3.61. The van der Waals surface area contributed by atoms with Crippen LogP contribution in [0, 0.1) is 0 Å². The van der Waals surface area contributed by atoms with Gasteiger partial charge in [-0.1, -0.05) is 24.3 Å². The SMILES string of the molecule is CC(C)N1C(=O)C[C@@H](NC(=O)c2cccc(CN3C(=O)c4ccccc4C3=O)c2)C1=O. The average molecular weight is 419 g/mol. The summed E-state index contributed by atoms with van der Waals surface area (Å²) >= 11 is 0. The number of likely N-dealkylation sites (tertiary alicyclic amines) is 1. The molecule has 8 heteroatoms. The zero-order valence-corrected chi connectivity index (χ0v) is 17.1. The van der Waals surface area contributed by atoms with Crippen LogP contribution in [0.2, 0.25) is 0 Å². The fourth-order valence-electron chi connectivity index (χ4n) is 3.92. The van der Waals surface area contributed by atoms with Gasteiger partial charge < -0.3 is 5.32 Å². The van der Waals surface area contributed by atoms with E-state index in [0.717, 1.165) is 9.80 Å². The summed E-state index contributed by atoms with van der Waals surface area (Å²) in [6, 6.07) is 12.0. The molecule has 8 nitrogen and oxygen atoms in total. The number of hydrogen-bond acceptors (Lipinski definition) is 5. The lowest BCUT2D eigenvalue weighted by Gasteiger charge is -2.19. The van der Waals surface area contributed by atoms with Gasteiger partial charge in [0.1, 0.15) is 6.04 Å². The van der Waals surface area contributed by atoms with Gasteiger partial charge in [-0.15, -0.1) is 0 Å². The smallest absolute Gasteiger partial charge is 0.261 e. The Morgan fingerprint density at radius 1 is 1.00 bits per heavy atom. The highest BCUT2D eigenvalue weighted by molar-refractivity contribution is 6.21. The van der Waals surface area contributed by atoms with Crippen molar-refractivity contribution in [1.29, 1.82) is 0 Å². The van der Waals surface area contributed by atoms with E-state index in [1.165, 1.54) is 0 Å². The van der Waals surface area contributed by atoms with Gasteiger partial charge in [-0.25, -0.2) is 0 Å². The standard InChI is InChI=1S/C23H21N3O5/c1-13(2)26-19(27)11-18(23(26)31)24-20(28)15-7-5-6-14(10-15)12-25-21(29)16-8-3-4-9-17(16)22(25)30/h3-10,13,18H,11-12H2,1-2H3,(H,24,28)/t18-/m1/s1. The third-order valence-electron chi connectivity index (χ3n) is 5.41. The number of nitrogens with zero attached hydrogens (tertiary/aromatic N) is 2. The topological polar surface area (TPSA) is 104 Å². The van der Waals surface area contributed by atoms with Gasteiger partial charge in [0.25, 0.3) is 23.6 Å². The molecule has 1 atom stereocenters. The molecule has 5 amide bonds. The lowest BCUT2D eigenvalue weighted by atomic mass is 10.1. The van der Waals surface area contributed by atoms with E-state index in [4.69, 9.17) is 0 Å². The highest BCUT2D eigenvalue weighted by Crippen LogP contribution is 2.24. The quantitative estimate of drug-likeness (QED) is 0.744. The van der Waals surface area contributed by atoms with Gasteiger partial charge in [-0.3, -0.25) is 33.8 Å². The molecule has 2 aromatic rings. The van der Waals surface area contributed by atoms with Crippen molar-refractivity contribution in [2.24, 2.45) is 0 Å². The van der Waals surface area contributed by atoms with E-state index in [2.05, 4.69) is 5.32 Å². The van der Waals surface area contributed by atoms with Crippen molar-refractivity contribution in [2.75, 3.05) is 0 Å². The van der Waals surface area contributed by atoms with E-state index in [1.54, 1.807) is 62.4 Å². The Labute approximate surface area is 178 Å². The van der Waals surface area contributed by atoms with E-state index >= 15 is 0 Å². The molecule has 0 aliphatic carbocycles. The lowest BCUT2D eigenvalue weighted by Crippen LogP contribution is -2.43. The molecule has 1 N–H and O–H groups in total. The summed E-state index contributed by atoms with van der Waals surface area (Å²) in [5, 5.41) is 2.61. The van der Waals surface area contributed by atoms with Gasteiger partial charge in [-0.05, 0) is 43.7 Å². The number of amides is 5. The summed E-state index contributed by atoms with van der Waals surface area (Å²) < 4.78 is 0. The van der Waals surface area contributed by atoms with Gasteiger partial charge in [0, 0.05) is 11.6 Å². The molecule has 0 saturated carbocycles. The predicted octanol–water partition coefficient (Wildman–Crippen LogP) is 1.75. The Morgan fingerprint density at radius 3 is 2.23 bits per heavy atom. The molecule has 1 saturated heterocycles. The number of carbonyl (C=O) groups is 5. The Hall–Kier alpha value is -3.81. The molecule has 31 heavy (non-hydrogen) atoms. The zero-order valence-electron chi connectivity index (χ0n) is 17.1. The first-order chi connectivity index (χ1) is 14.8. The van der Waals surface area contributed by atoms with Crippen molar-refractivity contribution >= 4 is 29.5 Å². The molecule has 2 heterocycles. The van der Waals surface area contributed by atoms with E-state index in [1.807, 2.05) is 0 Å². The van der Waals surface area contributed by atoms with Crippen molar-refractivity contribution in [3.63, 3.8) is 0 Å². The fraction of sp³-hybridized carbons (Fsp3) is 0.261. The number of fused-ring (bicyclic) bond motifs is 1. The van der Waals surface area contributed by atoms with Crippen LogP contribution >= 0.6 is 0 Å². The second-order valence-electron chi connectivity index (χ2n) is 7.87. The minimum atomic E-state index is -0.901. The van der Waals surface area contributed by atoms with Crippen LogP contribution in [-0.2, 0) is 16.1 Å². The van der Waals surface area contributed by atoms with Gasteiger partial charge in [0.05, 0.1) is 24.1 Å². The van der Waals surface area contributed by atoms with Gasteiger partial charge in [-0.2, -0.15) is 0 Å². The average Bonchev–Trinajstić information content (AvgIpc) is 3.16.